The first-order chi connectivity index (χ1) is 6.58. The molecule has 4 nitrogen and oxygen atoms in total. The van der Waals surface area contributed by atoms with Crippen LogP contribution in [-0.4, -0.2) is 29.9 Å². The van der Waals surface area contributed by atoms with Crippen molar-refractivity contribution < 1.29 is 9.21 Å². The molecule has 1 fully saturated rings. The summed E-state index contributed by atoms with van der Waals surface area (Å²) in [4.78, 5) is 13.5. The van der Waals surface area contributed by atoms with Gasteiger partial charge < -0.3 is 15.1 Å². The van der Waals surface area contributed by atoms with Gasteiger partial charge in [0.2, 0.25) is 0 Å². The van der Waals surface area contributed by atoms with Gasteiger partial charge in [0.15, 0.2) is 4.67 Å². The van der Waals surface area contributed by atoms with Crippen molar-refractivity contribution >= 4 is 21.8 Å². The van der Waals surface area contributed by atoms with Crippen LogP contribution < -0.4 is 5.73 Å². The minimum atomic E-state index is -0.00125. The van der Waals surface area contributed by atoms with Gasteiger partial charge in [-0.1, -0.05) is 0 Å². The maximum atomic E-state index is 11.8. The number of nitrogens with two attached hydrogens (primary N) is 1. The van der Waals surface area contributed by atoms with Crippen molar-refractivity contribution in [2.24, 2.45) is 5.73 Å². The molecule has 1 aliphatic rings. The highest BCUT2D eigenvalue weighted by molar-refractivity contribution is 9.10. The zero-order valence-electron chi connectivity index (χ0n) is 7.79. The molecule has 0 aliphatic carbocycles. The van der Waals surface area contributed by atoms with E-state index < -0.39 is 0 Å². The number of amides is 1. The van der Waals surface area contributed by atoms with Crippen molar-refractivity contribution in [3.63, 3.8) is 0 Å². The Morgan fingerprint density at radius 1 is 1.71 bits per heavy atom. The van der Waals surface area contributed by atoms with Gasteiger partial charge in [-0.25, -0.2) is 0 Å². The second-order valence-corrected chi connectivity index (χ2v) is 4.27. The van der Waals surface area contributed by atoms with Crippen molar-refractivity contribution in [3.8, 4) is 0 Å². The number of furan rings is 1. The van der Waals surface area contributed by atoms with Gasteiger partial charge >= 0.3 is 0 Å². The van der Waals surface area contributed by atoms with Crippen LogP contribution in [0.2, 0.25) is 0 Å². The van der Waals surface area contributed by atoms with E-state index in [-0.39, 0.29) is 11.9 Å². The van der Waals surface area contributed by atoms with Crippen LogP contribution in [0.3, 0.4) is 0 Å². The first-order valence-electron chi connectivity index (χ1n) is 4.38. The number of aryl methyl sites for hydroxylation is 1. The molecule has 0 radical (unpaired) electrons. The summed E-state index contributed by atoms with van der Waals surface area (Å²) < 4.78 is 5.81. The second kappa shape index (κ2) is 3.40. The first kappa shape index (κ1) is 9.73. The quantitative estimate of drug-likeness (QED) is 0.822. The van der Waals surface area contributed by atoms with E-state index in [1.807, 2.05) is 0 Å². The molecule has 2 rings (SSSR count). The van der Waals surface area contributed by atoms with E-state index in [4.69, 9.17) is 10.2 Å². The van der Waals surface area contributed by atoms with Gasteiger partial charge in [-0.15, -0.1) is 0 Å². The van der Waals surface area contributed by atoms with Gasteiger partial charge in [0.1, 0.15) is 5.76 Å². The highest BCUT2D eigenvalue weighted by Gasteiger charge is 2.30. The van der Waals surface area contributed by atoms with Crippen LogP contribution in [0.5, 0.6) is 0 Å². The van der Waals surface area contributed by atoms with Crippen LogP contribution in [0, 0.1) is 6.92 Å². The van der Waals surface area contributed by atoms with Gasteiger partial charge in [-0.3, -0.25) is 4.79 Å². The average Bonchev–Trinajstić information content (AvgIpc) is 2.39. The van der Waals surface area contributed by atoms with Crippen LogP contribution in [-0.2, 0) is 0 Å². The molecule has 0 aromatic carbocycles. The predicted molar refractivity (Wildman–Crippen MR) is 55.0 cm³/mol. The summed E-state index contributed by atoms with van der Waals surface area (Å²) in [7, 11) is 0. The molecule has 1 aromatic heterocycles. The van der Waals surface area contributed by atoms with Crippen LogP contribution in [0.4, 0.5) is 0 Å². The van der Waals surface area contributed by atoms with Crippen LogP contribution in [0.15, 0.2) is 15.2 Å². The third-order valence-corrected chi connectivity index (χ3v) is 2.71. The molecular weight excluding hydrogens is 248 g/mol. The Morgan fingerprint density at radius 2 is 2.36 bits per heavy atom. The van der Waals surface area contributed by atoms with Crippen molar-refractivity contribution in [1.29, 1.82) is 0 Å². The number of nitrogens with zero attached hydrogens (tertiary/aromatic N) is 1. The molecule has 0 spiro atoms. The lowest BCUT2D eigenvalue weighted by atomic mass is 10.1. The minimum Gasteiger partial charge on any atom is -0.454 e. The highest BCUT2D eigenvalue weighted by Crippen LogP contribution is 2.22. The Morgan fingerprint density at radius 3 is 2.79 bits per heavy atom. The zero-order valence-corrected chi connectivity index (χ0v) is 9.37. The molecule has 0 unspecified atom stereocenters. The van der Waals surface area contributed by atoms with E-state index in [2.05, 4.69) is 15.9 Å². The zero-order chi connectivity index (χ0) is 10.3. The third kappa shape index (κ3) is 1.57. The molecule has 0 atom stereocenters. The molecule has 1 aromatic rings. The molecule has 0 bridgehead atoms. The van der Waals surface area contributed by atoms with Gasteiger partial charge in [-0.05, 0) is 22.9 Å². The summed E-state index contributed by atoms with van der Waals surface area (Å²) in [6.45, 7) is 3.06. The summed E-state index contributed by atoms with van der Waals surface area (Å²) in [6, 6.07) is 1.83. The first-order valence-corrected chi connectivity index (χ1v) is 5.18. The number of rotatable bonds is 1. The average molecular weight is 259 g/mol. The normalized spacial score (nSPS) is 16.9. The van der Waals surface area contributed by atoms with E-state index in [0.29, 0.717) is 29.1 Å². The number of likely N-dealkylation sites (tertiary alicyclic amines) is 1. The van der Waals surface area contributed by atoms with E-state index >= 15 is 0 Å². The molecule has 76 valence electrons. The Kier molecular flexibility index (Phi) is 2.36. The fourth-order valence-corrected chi connectivity index (χ4v) is 1.98. The summed E-state index contributed by atoms with van der Waals surface area (Å²) in [5.74, 6) is 0.640. The molecule has 1 amide bonds. The van der Waals surface area contributed by atoms with E-state index in [9.17, 15) is 4.79 Å². The molecule has 2 N–H and O–H groups in total. The van der Waals surface area contributed by atoms with Crippen molar-refractivity contribution in [1.82, 2.24) is 4.90 Å². The molecule has 5 heteroatoms. The third-order valence-electron chi connectivity index (χ3n) is 2.32. The number of halogens is 1. The summed E-state index contributed by atoms with van der Waals surface area (Å²) in [5, 5.41) is 0. The van der Waals surface area contributed by atoms with Crippen molar-refractivity contribution in [2.75, 3.05) is 13.1 Å². The topological polar surface area (TPSA) is 59.5 Å². The molecule has 2 heterocycles. The standard InChI is InChI=1S/C9H11BrN2O2/c1-5-7(2-8(10)14-5)9(13)12-3-6(11)4-12/h2,6H,3-4,11H2,1H3. The number of carbonyl (C=O) groups is 1. The van der Waals surface area contributed by atoms with Crippen molar-refractivity contribution in [3.05, 3.63) is 22.1 Å². The maximum absolute atomic E-state index is 11.8. The fraction of sp³-hybridized carbons (Fsp3) is 0.444. The predicted octanol–water partition coefficient (Wildman–Crippen LogP) is 1.13. The van der Waals surface area contributed by atoms with Crippen LogP contribution >= 0.6 is 15.9 Å². The number of carbonyl (C=O) groups excluding carboxylic acids is 1. The molecule has 14 heavy (non-hydrogen) atoms. The number of hydrogen-bond donors (Lipinski definition) is 1. The Labute approximate surface area is 90.2 Å². The SMILES string of the molecule is Cc1oc(Br)cc1C(=O)N1CC(N)C1. The van der Waals surface area contributed by atoms with Crippen LogP contribution in [0.1, 0.15) is 16.1 Å². The molecule has 1 aliphatic heterocycles. The van der Waals surface area contributed by atoms with Gasteiger partial charge in [0, 0.05) is 25.2 Å². The maximum Gasteiger partial charge on any atom is 0.257 e. The second-order valence-electron chi connectivity index (χ2n) is 3.49. The lowest BCUT2D eigenvalue weighted by Gasteiger charge is -2.36. The van der Waals surface area contributed by atoms with Crippen LogP contribution in [0.25, 0.3) is 0 Å². The number of hydrogen-bond acceptors (Lipinski definition) is 3. The summed E-state index contributed by atoms with van der Waals surface area (Å²) in [6.07, 6.45) is 0. The van der Waals surface area contributed by atoms with E-state index in [1.165, 1.54) is 0 Å². The molecule has 0 saturated carbocycles. The minimum absolute atomic E-state index is 0.00125. The van der Waals surface area contributed by atoms with Crippen molar-refractivity contribution in [2.45, 2.75) is 13.0 Å². The molecule has 1 saturated heterocycles. The lowest BCUT2D eigenvalue weighted by molar-refractivity contribution is 0.0606. The van der Waals surface area contributed by atoms with E-state index in [1.54, 1.807) is 17.9 Å². The Balaban J connectivity index is 2.15. The highest BCUT2D eigenvalue weighted by atomic mass is 79.9. The lowest BCUT2D eigenvalue weighted by Crippen LogP contribution is -2.57. The van der Waals surface area contributed by atoms with Gasteiger partial charge in [0.25, 0.3) is 5.91 Å². The monoisotopic (exact) mass is 258 g/mol. The molecular formula is C9H11BrN2O2. The fourth-order valence-electron chi connectivity index (χ4n) is 1.51. The van der Waals surface area contributed by atoms with Gasteiger partial charge in [-0.2, -0.15) is 0 Å². The Bertz CT molecular complexity index is 369. The largest absolute Gasteiger partial charge is 0.454 e. The van der Waals surface area contributed by atoms with E-state index in [0.717, 1.165) is 0 Å². The Hall–Kier alpha value is -0.810. The summed E-state index contributed by atoms with van der Waals surface area (Å²) in [5.41, 5.74) is 6.22. The van der Waals surface area contributed by atoms with Gasteiger partial charge in [0.05, 0.1) is 5.56 Å². The summed E-state index contributed by atoms with van der Waals surface area (Å²) >= 11 is 3.19. The smallest absolute Gasteiger partial charge is 0.257 e.